The molecule has 1 fully saturated rings. The Balaban J connectivity index is 2.55. The van der Waals surface area contributed by atoms with Gasteiger partial charge in [0.1, 0.15) is 0 Å². The van der Waals surface area contributed by atoms with E-state index in [9.17, 15) is 4.79 Å². The average molecular weight is 271 g/mol. The number of hydrogen-bond acceptors (Lipinski definition) is 3. The van der Waals surface area contributed by atoms with Crippen LogP contribution in [0, 0.1) is 5.92 Å². The fourth-order valence-corrected chi connectivity index (χ4v) is 2.57. The summed E-state index contributed by atoms with van der Waals surface area (Å²) in [6, 6.07) is 0.546. The minimum absolute atomic E-state index is 0.118. The number of carbonyl (C=O) groups is 1. The maximum Gasteiger partial charge on any atom is 0.232 e. The van der Waals surface area contributed by atoms with Crippen LogP contribution in [0.2, 0.25) is 0 Å². The number of piperazine rings is 1. The highest BCUT2D eigenvalue weighted by Gasteiger charge is 2.28. The summed E-state index contributed by atoms with van der Waals surface area (Å²) in [4.78, 5) is 17.0. The molecule has 1 aliphatic rings. The van der Waals surface area contributed by atoms with E-state index in [-0.39, 0.29) is 11.8 Å². The maximum atomic E-state index is 12.3. The van der Waals surface area contributed by atoms with Gasteiger partial charge in [-0.05, 0) is 20.3 Å². The Morgan fingerprint density at radius 1 is 1.28 bits per heavy atom. The summed E-state index contributed by atoms with van der Waals surface area (Å²) in [6.07, 6.45) is 1.69. The van der Waals surface area contributed by atoms with E-state index in [0.29, 0.717) is 11.0 Å². The van der Waals surface area contributed by atoms with E-state index in [1.807, 2.05) is 4.90 Å². The first kappa shape index (κ1) is 15.4. The minimum Gasteiger partial charge on any atom is -0.393 e. The summed E-state index contributed by atoms with van der Waals surface area (Å²) in [6.45, 7) is 9.90. The fraction of sp³-hybridized carbons (Fsp3) is 0.846. The van der Waals surface area contributed by atoms with Gasteiger partial charge in [-0.1, -0.05) is 25.6 Å². The lowest BCUT2D eigenvalue weighted by Gasteiger charge is -2.38. The van der Waals surface area contributed by atoms with Crippen molar-refractivity contribution in [3.8, 4) is 0 Å². The molecule has 5 heteroatoms. The van der Waals surface area contributed by atoms with Crippen LogP contribution in [-0.4, -0.2) is 52.9 Å². The molecule has 1 rings (SSSR count). The van der Waals surface area contributed by atoms with E-state index in [1.165, 1.54) is 0 Å². The molecule has 0 radical (unpaired) electrons. The lowest BCUT2D eigenvalue weighted by atomic mass is 10.0. The summed E-state index contributed by atoms with van der Waals surface area (Å²) >= 11 is 5.01. The highest BCUT2D eigenvalue weighted by Crippen LogP contribution is 2.14. The normalized spacial score (nSPS) is 19.0. The molecule has 2 N–H and O–H groups in total. The Hall–Kier alpha value is -0.680. The first-order chi connectivity index (χ1) is 8.47. The Morgan fingerprint density at radius 3 is 2.22 bits per heavy atom. The van der Waals surface area contributed by atoms with Crippen LogP contribution >= 0.6 is 12.2 Å². The second-order valence-electron chi connectivity index (χ2n) is 5.20. The summed E-state index contributed by atoms with van der Waals surface area (Å²) in [5.74, 6) is -0.150. The molecule has 0 aliphatic carbocycles. The Morgan fingerprint density at radius 2 is 1.83 bits per heavy atom. The monoisotopic (exact) mass is 271 g/mol. The lowest BCUT2D eigenvalue weighted by Crippen LogP contribution is -2.53. The summed E-state index contributed by atoms with van der Waals surface area (Å²) in [5, 5.41) is 0. The van der Waals surface area contributed by atoms with Crippen molar-refractivity contribution < 1.29 is 4.79 Å². The highest BCUT2D eigenvalue weighted by atomic mass is 32.1. The zero-order chi connectivity index (χ0) is 13.7. The van der Waals surface area contributed by atoms with Crippen molar-refractivity contribution in [3.05, 3.63) is 0 Å². The number of amides is 1. The van der Waals surface area contributed by atoms with Crippen LogP contribution in [0.5, 0.6) is 0 Å². The molecule has 0 saturated carbocycles. The second-order valence-corrected chi connectivity index (χ2v) is 5.67. The number of nitrogens with two attached hydrogens (primary N) is 1. The van der Waals surface area contributed by atoms with Crippen molar-refractivity contribution in [1.82, 2.24) is 9.80 Å². The third-order valence-corrected chi connectivity index (χ3v) is 3.86. The standard InChI is InChI=1S/C13H25N3OS/c1-4-5-11(12(14)18)13(17)16-8-6-15(7-9-16)10(2)3/h10-11H,4-9H2,1-3H3,(H2,14,18). The van der Waals surface area contributed by atoms with Crippen molar-refractivity contribution in [2.24, 2.45) is 11.7 Å². The van der Waals surface area contributed by atoms with Crippen LogP contribution < -0.4 is 5.73 Å². The van der Waals surface area contributed by atoms with Gasteiger partial charge in [0.25, 0.3) is 0 Å². The molecule has 18 heavy (non-hydrogen) atoms. The Kier molecular flexibility index (Phi) is 6.02. The van der Waals surface area contributed by atoms with Crippen LogP contribution in [-0.2, 0) is 4.79 Å². The van der Waals surface area contributed by atoms with E-state index in [4.69, 9.17) is 18.0 Å². The van der Waals surface area contributed by atoms with Crippen molar-refractivity contribution >= 4 is 23.1 Å². The number of thiocarbonyl (C=S) groups is 1. The Bertz CT molecular complexity index is 299. The minimum atomic E-state index is -0.268. The molecule has 1 unspecified atom stereocenters. The van der Waals surface area contributed by atoms with Crippen LogP contribution in [0.25, 0.3) is 0 Å². The third-order valence-electron chi connectivity index (χ3n) is 3.58. The van der Waals surface area contributed by atoms with Gasteiger partial charge >= 0.3 is 0 Å². The topological polar surface area (TPSA) is 49.6 Å². The molecule has 0 bridgehead atoms. The molecule has 104 valence electrons. The van der Waals surface area contributed by atoms with Gasteiger partial charge in [0, 0.05) is 32.2 Å². The summed E-state index contributed by atoms with van der Waals surface area (Å²) in [7, 11) is 0. The number of nitrogens with zero attached hydrogens (tertiary/aromatic N) is 2. The first-order valence-corrected chi connectivity index (χ1v) is 7.20. The van der Waals surface area contributed by atoms with Gasteiger partial charge in [0.2, 0.25) is 5.91 Å². The summed E-state index contributed by atoms with van der Waals surface area (Å²) < 4.78 is 0. The van der Waals surface area contributed by atoms with Crippen molar-refractivity contribution in [2.75, 3.05) is 26.2 Å². The zero-order valence-corrected chi connectivity index (χ0v) is 12.5. The van der Waals surface area contributed by atoms with Crippen molar-refractivity contribution in [2.45, 2.75) is 39.7 Å². The lowest BCUT2D eigenvalue weighted by molar-refractivity contribution is -0.135. The molecule has 1 aliphatic heterocycles. The molecular weight excluding hydrogens is 246 g/mol. The van der Waals surface area contributed by atoms with Crippen LogP contribution in [0.3, 0.4) is 0 Å². The molecule has 0 aromatic heterocycles. The SMILES string of the molecule is CCCC(C(=O)N1CCN(C(C)C)CC1)C(N)=S. The molecule has 1 amide bonds. The smallest absolute Gasteiger partial charge is 0.232 e. The highest BCUT2D eigenvalue weighted by molar-refractivity contribution is 7.80. The molecule has 4 nitrogen and oxygen atoms in total. The van der Waals surface area contributed by atoms with Gasteiger partial charge in [-0.15, -0.1) is 0 Å². The zero-order valence-electron chi connectivity index (χ0n) is 11.7. The van der Waals surface area contributed by atoms with Gasteiger partial charge in [0.15, 0.2) is 0 Å². The molecule has 1 heterocycles. The van der Waals surface area contributed by atoms with E-state index in [0.717, 1.165) is 39.0 Å². The van der Waals surface area contributed by atoms with Gasteiger partial charge < -0.3 is 10.6 Å². The van der Waals surface area contributed by atoms with Crippen molar-refractivity contribution in [3.63, 3.8) is 0 Å². The quantitative estimate of drug-likeness (QED) is 0.764. The average Bonchev–Trinajstić information content (AvgIpc) is 2.35. The van der Waals surface area contributed by atoms with Crippen LogP contribution in [0.15, 0.2) is 0 Å². The maximum absolute atomic E-state index is 12.3. The number of hydrogen-bond donors (Lipinski definition) is 1. The first-order valence-electron chi connectivity index (χ1n) is 6.79. The molecule has 1 saturated heterocycles. The number of rotatable bonds is 5. The predicted molar refractivity (Wildman–Crippen MR) is 78.5 cm³/mol. The molecule has 0 aromatic rings. The molecule has 0 aromatic carbocycles. The summed E-state index contributed by atoms with van der Waals surface area (Å²) in [5.41, 5.74) is 5.68. The van der Waals surface area contributed by atoms with Crippen LogP contribution in [0.1, 0.15) is 33.6 Å². The molecule has 0 spiro atoms. The van der Waals surface area contributed by atoms with E-state index < -0.39 is 0 Å². The number of carbonyl (C=O) groups excluding carboxylic acids is 1. The van der Waals surface area contributed by atoms with E-state index in [2.05, 4.69) is 25.7 Å². The molecule has 1 atom stereocenters. The molecular formula is C13H25N3OS. The van der Waals surface area contributed by atoms with Gasteiger partial charge in [-0.25, -0.2) is 0 Å². The second kappa shape index (κ2) is 7.04. The van der Waals surface area contributed by atoms with E-state index >= 15 is 0 Å². The van der Waals surface area contributed by atoms with Crippen LogP contribution in [0.4, 0.5) is 0 Å². The third kappa shape index (κ3) is 3.92. The van der Waals surface area contributed by atoms with Gasteiger partial charge in [0.05, 0.1) is 10.9 Å². The van der Waals surface area contributed by atoms with Gasteiger partial charge in [-0.2, -0.15) is 0 Å². The van der Waals surface area contributed by atoms with Crippen molar-refractivity contribution in [1.29, 1.82) is 0 Å². The van der Waals surface area contributed by atoms with Gasteiger partial charge in [-0.3, -0.25) is 9.69 Å². The fourth-order valence-electron chi connectivity index (χ4n) is 2.36. The Labute approximate surface area is 115 Å². The largest absolute Gasteiger partial charge is 0.393 e. The van der Waals surface area contributed by atoms with E-state index in [1.54, 1.807) is 0 Å². The predicted octanol–water partition coefficient (Wildman–Crippen LogP) is 1.24.